The van der Waals surface area contributed by atoms with E-state index in [-0.39, 0.29) is 30.6 Å². The van der Waals surface area contributed by atoms with Gasteiger partial charge in [0, 0.05) is 12.6 Å². The number of aryl methyl sites for hydroxylation is 1. The minimum atomic E-state index is -0.767. The lowest BCUT2D eigenvalue weighted by Gasteiger charge is -2.14. The molecule has 7 heteroatoms. The molecule has 3 rings (SSSR count). The van der Waals surface area contributed by atoms with Crippen LogP contribution in [0.2, 0.25) is 0 Å². The predicted octanol–water partition coefficient (Wildman–Crippen LogP) is 1.86. The first-order valence-corrected chi connectivity index (χ1v) is 7.96. The van der Waals surface area contributed by atoms with Crippen molar-refractivity contribution in [3.05, 3.63) is 53.7 Å². The molecule has 1 aromatic carbocycles. The molecule has 1 atom stereocenters. The third kappa shape index (κ3) is 4.00. The molecule has 0 aliphatic carbocycles. The fourth-order valence-corrected chi connectivity index (χ4v) is 2.54. The molecule has 3 amide bonds. The molecule has 25 heavy (non-hydrogen) atoms. The van der Waals surface area contributed by atoms with Crippen molar-refractivity contribution in [1.82, 2.24) is 10.3 Å². The summed E-state index contributed by atoms with van der Waals surface area (Å²) in [7, 11) is 0. The molecule has 1 aromatic heterocycles. The molecule has 0 saturated heterocycles. The predicted molar refractivity (Wildman–Crippen MR) is 93.2 cm³/mol. The summed E-state index contributed by atoms with van der Waals surface area (Å²) >= 11 is 0. The number of nitrogens with one attached hydrogen (secondary N) is 3. The second-order valence-electron chi connectivity index (χ2n) is 5.87. The topological polar surface area (TPSA) is 100 Å². The standard InChI is InChI=1S/C18H18N4O3/c1-11-6-8-15(19-10-11)22-16(23)9-7-14-18(25)20-13-5-3-2-4-12(13)17(24)21-14/h2-6,8,10,14H,7,9H2,1H3,(H,20,25)(H,21,24)(H,19,22,23)/t14-/m1/s1. The molecule has 7 nitrogen and oxygen atoms in total. The third-order valence-corrected chi connectivity index (χ3v) is 3.89. The smallest absolute Gasteiger partial charge is 0.254 e. The van der Waals surface area contributed by atoms with Gasteiger partial charge in [-0.1, -0.05) is 18.2 Å². The maximum atomic E-state index is 12.3. The molecule has 0 bridgehead atoms. The van der Waals surface area contributed by atoms with E-state index in [4.69, 9.17) is 0 Å². The van der Waals surface area contributed by atoms with Crippen molar-refractivity contribution < 1.29 is 14.4 Å². The summed E-state index contributed by atoms with van der Waals surface area (Å²) in [5.41, 5.74) is 1.88. The Hall–Kier alpha value is -3.22. The van der Waals surface area contributed by atoms with Gasteiger partial charge in [-0.15, -0.1) is 0 Å². The van der Waals surface area contributed by atoms with E-state index in [0.29, 0.717) is 17.1 Å². The monoisotopic (exact) mass is 338 g/mol. The summed E-state index contributed by atoms with van der Waals surface area (Å²) in [5.74, 6) is -0.475. The number of pyridine rings is 1. The Kier molecular flexibility index (Phi) is 4.74. The van der Waals surface area contributed by atoms with Crippen molar-refractivity contribution in [2.24, 2.45) is 0 Å². The van der Waals surface area contributed by atoms with Crippen LogP contribution in [0.15, 0.2) is 42.6 Å². The van der Waals surface area contributed by atoms with Crippen LogP contribution >= 0.6 is 0 Å². The van der Waals surface area contributed by atoms with E-state index < -0.39 is 6.04 Å². The van der Waals surface area contributed by atoms with Gasteiger partial charge in [-0.2, -0.15) is 0 Å². The highest BCUT2D eigenvalue weighted by atomic mass is 16.2. The quantitative estimate of drug-likeness (QED) is 0.792. The second kappa shape index (κ2) is 7.12. The van der Waals surface area contributed by atoms with Crippen molar-refractivity contribution in [3.63, 3.8) is 0 Å². The molecular formula is C18H18N4O3. The fourth-order valence-electron chi connectivity index (χ4n) is 2.54. The Morgan fingerprint density at radius 2 is 2.00 bits per heavy atom. The normalized spacial score (nSPS) is 16.3. The molecule has 128 valence electrons. The summed E-state index contributed by atoms with van der Waals surface area (Å²) in [5, 5.41) is 8.05. The van der Waals surface area contributed by atoms with Crippen molar-refractivity contribution in [1.29, 1.82) is 0 Å². The number of aromatic nitrogens is 1. The van der Waals surface area contributed by atoms with E-state index in [1.807, 2.05) is 13.0 Å². The zero-order valence-electron chi connectivity index (χ0n) is 13.7. The molecule has 0 saturated carbocycles. The maximum absolute atomic E-state index is 12.3. The first-order chi connectivity index (χ1) is 12.0. The van der Waals surface area contributed by atoms with Crippen molar-refractivity contribution >= 4 is 29.2 Å². The number of carbonyl (C=O) groups excluding carboxylic acids is 3. The van der Waals surface area contributed by atoms with E-state index in [0.717, 1.165) is 5.56 Å². The zero-order chi connectivity index (χ0) is 17.8. The van der Waals surface area contributed by atoms with Crippen LogP contribution in [0.1, 0.15) is 28.8 Å². The molecular weight excluding hydrogens is 320 g/mol. The van der Waals surface area contributed by atoms with E-state index >= 15 is 0 Å². The highest BCUT2D eigenvalue weighted by Gasteiger charge is 2.27. The largest absolute Gasteiger partial charge is 0.340 e. The first-order valence-electron chi connectivity index (χ1n) is 7.96. The van der Waals surface area contributed by atoms with Crippen LogP contribution in [0.5, 0.6) is 0 Å². The van der Waals surface area contributed by atoms with Crippen molar-refractivity contribution in [2.45, 2.75) is 25.8 Å². The molecule has 0 fully saturated rings. The second-order valence-corrected chi connectivity index (χ2v) is 5.87. The van der Waals surface area contributed by atoms with E-state index in [2.05, 4.69) is 20.9 Å². The fraction of sp³-hybridized carbons (Fsp3) is 0.222. The van der Waals surface area contributed by atoms with Gasteiger partial charge in [-0.3, -0.25) is 14.4 Å². The first kappa shape index (κ1) is 16.6. The lowest BCUT2D eigenvalue weighted by atomic mass is 10.1. The minimum Gasteiger partial charge on any atom is -0.340 e. The van der Waals surface area contributed by atoms with Gasteiger partial charge in [0.2, 0.25) is 11.8 Å². The number of fused-ring (bicyclic) bond motifs is 1. The number of para-hydroxylation sites is 1. The highest BCUT2D eigenvalue weighted by Crippen LogP contribution is 2.19. The van der Waals surface area contributed by atoms with Gasteiger partial charge < -0.3 is 16.0 Å². The van der Waals surface area contributed by atoms with Crippen LogP contribution in [0.3, 0.4) is 0 Å². The number of hydrogen-bond acceptors (Lipinski definition) is 4. The molecule has 0 radical (unpaired) electrons. The molecule has 0 spiro atoms. The van der Waals surface area contributed by atoms with E-state index in [9.17, 15) is 14.4 Å². The number of hydrogen-bond donors (Lipinski definition) is 3. The van der Waals surface area contributed by atoms with E-state index in [1.165, 1.54) is 0 Å². The SMILES string of the molecule is Cc1ccc(NC(=O)CC[C@H]2NC(=O)c3ccccc3NC2=O)nc1. The average molecular weight is 338 g/mol. The van der Waals surface area contributed by atoms with Gasteiger partial charge in [0.25, 0.3) is 5.91 Å². The number of rotatable bonds is 4. The Bertz CT molecular complexity index is 817. The summed E-state index contributed by atoms with van der Waals surface area (Å²) in [4.78, 5) is 40.6. The van der Waals surface area contributed by atoms with Gasteiger partial charge in [0.05, 0.1) is 11.3 Å². The lowest BCUT2D eigenvalue weighted by Crippen LogP contribution is -2.41. The number of benzene rings is 1. The summed E-state index contributed by atoms with van der Waals surface area (Å²) < 4.78 is 0. The molecule has 1 aliphatic rings. The van der Waals surface area contributed by atoms with Crippen molar-refractivity contribution in [2.75, 3.05) is 10.6 Å². The average Bonchev–Trinajstić information content (AvgIpc) is 2.72. The van der Waals surface area contributed by atoms with Gasteiger partial charge in [0.15, 0.2) is 0 Å². The zero-order valence-corrected chi connectivity index (χ0v) is 13.7. The van der Waals surface area contributed by atoms with Crippen LogP contribution in [0.25, 0.3) is 0 Å². The Labute approximate surface area is 144 Å². The Morgan fingerprint density at radius 1 is 1.20 bits per heavy atom. The minimum absolute atomic E-state index is 0.0876. The molecule has 1 aliphatic heterocycles. The van der Waals surface area contributed by atoms with Crippen LogP contribution in [0, 0.1) is 6.92 Å². The van der Waals surface area contributed by atoms with E-state index in [1.54, 1.807) is 36.5 Å². The van der Waals surface area contributed by atoms with Crippen molar-refractivity contribution in [3.8, 4) is 0 Å². The number of carbonyl (C=O) groups is 3. The third-order valence-electron chi connectivity index (χ3n) is 3.89. The number of amides is 3. The summed E-state index contributed by atoms with van der Waals surface area (Å²) in [6.45, 7) is 1.91. The van der Waals surface area contributed by atoms with Crippen LogP contribution in [0.4, 0.5) is 11.5 Å². The highest BCUT2D eigenvalue weighted by molar-refractivity contribution is 6.09. The van der Waals surface area contributed by atoms with Gasteiger partial charge in [0.1, 0.15) is 11.9 Å². The number of nitrogens with zero attached hydrogens (tertiary/aromatic N) is 1. The Balaban J connectivity index is 1.59. The molecule has 2 heterocycles. The molecule has 0 unspecified atom stereocenters. The maximum Gasteiger partial charge on any atom is 0.254 e. The van der Waals surface area contributed by atoms with Crippen LogP contribution in [-0.2, 0) is 9.59 Å². The van der Waals surface area contributed by atoms with Crippen LogP contribution in [-0.4, -0.2) is 28.7 Å². The van der Waals surface area contributed by atoms with Crippen LogP contribution < -0.4 is 16.0 Å². The lowest BCUT2D eigenvalue weighted by molar-refractivity contribution is -0.118. The van der Waals surface area contributed by atoms with Gasteiger partial charge >= 0.3 is 0 Å². The Morgan fingerprint density at radius 3 is 2.76 bits per heavy atom. The number of anilines is 2. The molecule has 3 N–H and O–H groups in total. The van der Waals surface area contributed by atoms with Gasteiger partial charge in [-0.25, -0.2) is 4.98 Å². The van der Waals surface area contributed by atoms with Gasteiger partial charge in [-0.05, 0) is 37.1 Å². The summed E-state index contributed by atoms with van der Waals surface area (Å²) in [6.07, 6.45) is 1.94. The summed E-state index contributed by atoms with van der Waals surface area (Å²) in [6, 6.07) is 9.58. The molecule has 2 aromatic rings.